The minimum Gasteiger partial charge on any atom is -0.392 e. The zero-order chi connectivity index (χ0) is 16.2. The SMILES string of the molecule is C/C(=C\CNc1ncnc2c1nc(Br)n2C1CCCCO1)CO. The third-order valence-corrected chi connectivity index (χ3v) is 4.41. The number of nitrogens with zero attached hydrogens (tertiary/aromatic N) is 4. The van der Waals surface area contributed by atoms with Crippen LogP contribution in [0.15, 0.2) is 22.7 Å². The van der Waals surface area contributed by atoms with E-state index >= 15 is 0 Å². The van der Waals surface area contributed by atoms with Crippen molar-refractivity contribution in [3.63, 3.8) is 0 Å². The molecule has 1 unspecified atom stereocenters. The number of fused-ring (bicyclic) bond motifs is 1. The highest BCUT2D eigenvalue weighted by Crippen LogP contribution is 2.31. The largest absolute Gasteiger partial charge is 0.392 e. The van der Waals surface area contributed by atoms with Crippen molar-refractivity contribution in [2.24, 2.45) is 0 Å². The van der Waals surface area contributed by atoms with Crippen molar-refractivity contribution in [2.45, 2.75) is 32.4 Å². The molecule has 8 heteroatoms. The quantitative estimate of drug-likeness (QED) is 0.611. The van der Waals surface area contributed by atoms with E-state index in [-0.39, 0.29) is 12.8 Å². The zero-order valence-corrected chi connectivity index (χ0v) is 14.6. The van der Waals surface area contributed by atoms with Crippen molar-refractivity contribution >= 4 is 32.9 Å². The maximum atomic E-state index is 9.03. The summed E-state index contributed by atoms with van der Waals surface area (Å²) in [5.41, 5.74) is 2.37. The van der Waals surface area contributed by atoms with Gasteiger partial charge in [0.2, 0.25) is 0 Å². The first-order chi connectivity index (χ1) is 11.2. The van der Waals surface area contributed by atoms with Crippen LogP contribution in [0.5, 0.6) is 0 Å². The second-order valence-corrected chi connectivity index (χ2v) is 6.27. The Labute approximate surface area is 142 Å². The van der Waals surface area contributed by atoms with Gasteiger partial charge in [-0.25, -0.2) is 15.0 Å². The second kappa shape index (κ2) is 7.37. The molecule has 23 heavy (non-hydrogen) atoms. The molecule has 1 atom stereocenters. The van der Waals surface area contributed by atoms with Crippen LogP contribution < -0.4 is 5.32 Å². The summed E-state index contributed by atoms with van der Waals surface area (Å²) >= 11 is 3.51. The number of rotatable bonds is 5. The van der Waals surface area contributed by atoms with Gasteiger partial charge in [-0.2, -0.15) is 0 Å². The van der Waals surface area contributed by atoms with Crippen LogP contribution in [0.3, 0.4) is 0 Å². The molecule has 2 N–H and O–H groups in total. The molecule has 1 aliphatic rings. The molecule has 0 radical (unpaired) electrons. The number of aliphatic hydroxyl groups is 1. The molecule has 0 aromatic carbocycles. The summed E-state index contributed by atoms with van der Waals surface area (Å²) in [6, 6.07) is 0. The fourth-order valence-corrected chi connectivity index (χ4v) is 3.15. The monoisotopic (exact) mass is 381 g/mol. The van der Waals surface area contributed by atoms with Crippen LogP contribution in [0.2, 0.25) is 0 Å². The molecule has 0 spiro atoms. The number of anilines is 1. The molecule has 0 aliphatic carbocycles. The van der Waals surface area contributed by atoms with Crippen LogP contribution in [-0.4, -0.2) is 44.4 Å². The number of hydrogen-bond donors (Lipinski definition) is 2. The van der Waals surface area contributed by atoms with Gasteiger partial charge in [-0.1, -0.05) is 11.6 Å². The highest BCUT2D eigenvalue weighted by molar-refractivity contribution is 9.10. The number of aromatic nitrogens is 4. The van der Waals surface area contributed by atoms with Crippen LogP contribution in [0, 0.1) is 0 Å². The Hall–Kier alpha value is -1.51. The topological polar surface area (TPSA) is 85.1 Å². The number of aliphatic hydroxyl groups excluding tert-OH is 1. The van der Waals surface area contributed by atoms with Gasteiger partial charge >= 0.3 is 0 Å². The second-order valence-electron chi connectivity index (χ2n) is 5.56. The predicted octanol–water partition coefficient (Wildman–Crippen LogP) is 2.64. The van der Waals surface area contributed by atoms with Crippen molar-refractivity contribution in [1.82, 2.24) is 19.5 Å². The summed E-state index contributed by atoms with van der Waals surface area (Å²) in [7, 11) is 0. The van der Waals surface area contributed by atoms with E-state index in [1.807, 2.05) is 17.6 Å². The van der Waals surface area contributed by atoms with E-state index in [1.165, 1.54) is 6.33 Å². The third-order valence-electron chi connectivity index (χ3n) is 3.85. The highest BCUT2D eigenvalue weighted by atomic mass is 79.9. The van der Waals surface area contributed by atoms with Crippen LogP contribution in [0.25, 0.3) is 11.2 Å². The van der Waals surface area contributed by atoms with Gasteiger partial charge in [0.05, 0.1) is 6.61 Å². The summed E-state index contributed by atoms with van der Waals surface area (Å²) in [6.07, 6.45) is 6.60. The number of ether oxygens (including phenoxy) is 1. The summed E-state index contributed by atoms with van der Waals surface area (Å²) in [5.74, 6) is 0.673. The van der Waals surface area contributed by atoms with Crippen molar-refractivity contribution in [3.05, 3.63) is 22.7 Å². The van der Waals surface area contributed by atoms with Crippen molar-refractivity contribution in [3.8, 4) is 0 Å². The molecule has 3 heterocycles. The van der Waals surface area contributed by atoms with E-state index in [0.717, 1.165) is 37.1 Å². The van der Waals surface area contributed by atoms with Gasteiger partial charge in [-0.15, -0.1) is 0 Å². The maximum absolute atomic E-state index is 9.03. The minimum absolute atomic E-state index is 0.0394. The first-order valence-electron chi connectivity index (χ1n) is 7.71. The average molecular weight is 382 g/mol. The Kier molecular flexibility index (Phi) is 5.24. The van der Waals surface area contributed by atoms with Gasteiger partial charge in [-0.05, 0) is 42.1 Å². The van der Waals surface area contributed by atoms with Crippen LogP contribution in [-0.2, 0) is 4.74 Å². The number of imidazole rings is 1. The van der Waals surface area contributed by atoms with Crippen LogP contribution in [0.4, 0.5) is 5.82 Å². The van der Waals surface area contributed by atoms with E-state index in [4.69, 9.17) is 9.84 Å². The van der Waals surface area contributed by atoms with Gasteiger partial charge in [0, 0.05) is 13.2 Å². The van der Waals surface area contributed by atoms with E-state index < -0.39 is 0 Å². The number of halogens is 1. The van der Waals surface area contributed by atoms with Crippen LogP contribution >= 0.6 is 15.9 Å². The number of hydrogen-bond acceptors (Lipinski definition) is 6. The molecule has 7 nitrogen and oxygen atoms in total. The molecule has 124 valence electrons. The molecule has 1 fully saturated rings. The Morgan fingerprint density at radius 3 is 3.13 bits per heavy atom. The van der Waals surface area contributed by atoms with E-state index in [9.17, 15) is 0 Å². The van der Waals surface area contributed by atoms with E-state index in [1.54, 1.807) is 0 Å². The Morgan fingerprint density at radius 1 is 1.52 bits per heavy atom. The summed E-state index contributed by atoms with van der Waals surface area (Å²) in [4.78, 5) is 13.2. The molecule has 3 rings (SSSR count). The van der Waals surface area contributed by atoms with Crippen molar-refractivity contribution in [2.75, 3.05) is 25.1 Å². The smallest absolute Gasteiger partial charge is 0.181 e. The van der Waals surface area contributed by atoms with E-state index in [0.29, 0.717) is 22.6 Å². The van der Waals surface area contributed by atoms with Gasteiger partial charge in [0.15, 0.2) is 21.7 Å². The van der Waals surface area contributed by atoms with Gasteiger partial charge in [0.25, 0.3) is 0 Å². The first-order valence-corrected chi connectivity index (χ1v) is 8.50. The normalized spacial score (nSPS) is 19.3. The highest BCUT2D eigenvalue weighted by Gasteiger charge is 2.23. The Morgan fingerprint density at radius 2 is 2.39 bits per heavy atom. The summed E-state index contributed by atoms with van der Waals surface area (Å²) in [6.45, 7) is 3.27. The standard InChI is InChI=1S/C15H20BrN5O2/c1-10(8-22)5-6-17-13-12-14(19-9-18-13)21(15(16)20-12)11-4-2-3-7-23-11/h5,9,11,22H,2-4,6-8H2,1H3,(H,17,18,19)/b10-5+. The molecule has 0 saturated carbocycles. The lowest BCUT2D eigenvalue weighted by Crippen LogP contribution is -2.18. The lowest BCUT2D eigenvalue weighted by molar-refractivity contribution is -0.0311. The number of nitrogens with one attached hydrogen (secondary N) is 1. The van der Waals surface area contributed by atoms with Crippen molar-refractivity contribution < 1.29 is 9.84 Å². The van der Waals surface area contributed by atoms with Gasteiger partial charge in [-0.3, -0.25) is 4.57 Å². The molecular weight excluding hydrogens is 362 g/mol. The molecular formula is C15H20BrN5O2. The Bertz CT molecular complexity index is 709. The zero-order valence-electron chi connectivity index (χ0n) is 13.0. The molecule has 1 saturated heterocycles. The molecule has 2 aromatic heterocycles. The maximum Gasteiger partial charge on any atom is 0.181 e. The summed E-state index contributed by atoms with van der Waals surface area (Å²) < 4.78 is 8.53. The molecule has 0 bridgehead atoms. The van der Waals surface area contributed by atoms with Gasteiger partial charge < -0.3 is 15.2 Å². The average Bonchev–Trinajstić information content (AvgIpc) is 2.92. The Balaban J connectivity index is 1.89. The first kappa shape index (κ1) is 16.4. The van der Waals surface area contributed by atoms with E-state index in [2.05, 4.69) is 36.2 Å². The minimum atomic E-state index is -0.0394. The summed E-state index contributed by atoms with van der Waals surface area (Å²) in [5, 5.41) is 12.3. The van der Waals surface area contributed by atoms with Crippen molar-refractivity contribution in [1.29, 1.82) is 0 Å². The fourth-order valence-electron chi connectivity index (χ4n) is 2.58. The van der Waals surface area contributed by atoms with Crippen LogP contribution in [0.1, 0.15) is 32.4 Å². The lowest BCUT2D eigenvalue weighted by Gasteiger charge is -2.24. The molecule has 0 amide bonds. The van der Waals surface area contributed by atoms with Gasteiger partial charge in [0.1, 0.15) is 12.6 Å². The third kappa shape index (κ3) is 3.54. The molecule has 1 aliphatic heterocycles. The predicted molar refractivity (Wildman–Crippen MR) is 91.2 cm³/mol. The lowest BCUT2D eigenvalue weighted by atomic mass is 10.2. The fraction of sp³-hybridized carbons (Fsp3) is 0.533. The molecule has 2 aromatic rings.